The molecule has 2 fully saturated rings. The predicted molar refractivity (Wildman–Crippen MR) is 82.9 cm³/mol. The second-order valence-corrected chi connectivity index (χ2v) is 6.49. The van der Waals surface area contributed by atoms with E-state index in [1.165, 1.54) is 0 Å². The highest BCUT2D eigenvalue weighted by atomic mass is 16.8. The zero-order valence-corrected chi connectivity index (χ0v) is 14.2. The maximum absolute atomic E-state index is 5.98. The van der Waals surface area contributed by atoms with Crippen LogP contribution in [0.15, 0.2) is 24.3 Å². The SMILES string of the molecule is CO[C@@]12C=CC3(C=C[C@@]1(OC)OCCO2)OCC3OCC(C)C. The second-order valence-electron chi connectivity index (χ2n) is 6.49. The van der Waals surface area contributed by atoms with Crippen molar-refractivity contribution in [1.82, 2.24) is 0 Å². The maximum Gasteiger partial charge on any atom is 0.248 e. The summed E-state index contributed by atoms with van der Waals surface area (Å²) in [5.41, 5.74) is -0.629. The van der Waals surface area contributed by atoms with E-state index in [0.717, 1.165) is 0 Å². The van der Waals surface area contributed by atoms with Gasteiger partial charge in [0.05, 0.1) is 19.8 Å². The molecule has 0 saturated carbocycles. The van der Waals surface area contributed by atoms with Crippen molar-refractivity contribution >= 4 is 0 Å². The zero-order valence-electron chi connectivity index (χ0n) is 14.2. The molecule has 0 amide bonds. The summed E-state index contributed by atoms with van der Waals surface area (Å²) >= 11 is 0. The topological polar surface area (TPSA) is 55.4 Å². The summed E-state index contributed by atoms with van der Waals surface area (Å²) in [6, 6.07) is 0. The fourth-order valence-corrected chi connectivity index (χ4v) is 3.13. The molecular weight excluding hydrogens is 300 g/mol. The summed E-state index contributed by atoms with van der Waals surface area (Å²) in [6.07, 6.45) is 7.45. The normalized spacial score (nSPS) is 38.4. The molecule has 0 aromatic carbocycles. The number of fused-ring (bicyclic) bond motifs is 1. The van der Waals surface area contributed by atoms with Crippen molar-refractivity contribution < 1.29 is 28.4 Å². The third-order valence-corrected chi connectivity index (χ3v) is 4.55. The van der Waals surface area contributed by atoms with Crippen LogP contribution in [0.3, 0.4) is 0 Å². The first-order valence-electron chi connectivity index (χ1n) is 8.06. The summed E-state index contributed by atoms with van der Waals surface area (Å²) in [5, 5.41) is 0. The average molecular weight is 326 g/mol. The van der Waals surface area contributed by atoms with Gasteiger partial charge in [0.25, 0.3) is 0 Å². The minimum absolute atomic E-state index is 0.0413. The lowest BCUT2D eigenvalue weighted by Crippen LogP contribution is -2.61. The van der Waals surface area contributed by atoms with Crippen molar-refractivity contribution in [2.75, 3.05) is 40.6 Å². The monoisotopic (exact) mass is 326 g/mol. The van der Waals surface area contributed by atoms with Gasteiger partial charge in [0.15, 0.2) is 0 Å². The molecule has 2 saturated heterocycles. The van der Waals surface area contributed by atoms with E-state index in [1.807, 2.05) is 24.3 Å². The van der Waals surface area contributed by atoms with Crippen LogP contribution >= 0.6 is 0 Å². The molecule has 0 bridgehead atoms. The van der Waals surface area contributed by atoms with Crippen molar-refractivity contribution in [3.63, 3.8) is 0 Å². The molecular formula is C17H26O6. The quantitative estimate of drug-likeness (QED) is 0.716. The molecule has 1 spiro atoms. The number of hydrogen-bond acceptors (Lipinski definition) is 6. The molecule has 130 valence electrons. The van der Waals surface area contributed by atoms with E-state index in [2.05, 4.69) is 13.8 Å². The van der Waals surface area contributed by atoms with Crippen LogP contribution in [-0.4, -0.2) is 63.9 Å². The van der Waals surface area contributed by atoms with E-state index in [-0.39, 0.29) is 6.10 Å². The Morgan fingerprint density at radius 2 is 1.52 bits per heavy atom. The molecule has 3 aliphatic rings. The smallest absolute Gasteiger partial charge is 0.248 e. The van der Waals surface area contributed by atoms with Crippen LogP contribution in [0.25, 0.3) is 0 Å². The number of ether oxygens (including phenoxy) is 6. The molecule has 6 heteroatoms. The lowest BCUT2D eigenvalue weighted by atomic mass is 9.90. The lowest BCUT2D eigenvalue weighted by molar-refractivity contribution is -0.389. The molecule has 0 N–H and O–H groups in total. The Labute approximate surface area is 137 Å². The van der Waals surface area contributed by atoms with Crippen LogP contribution in [-0.2, 0) is 28.4 Å². The van der Waals surface area contributed by atoms with Crippen molar-refractivity contribution in [2.45, 2.75) is 37.1 Å². The van der Waals surface area contributed by atoms with Crippen LogP contribution in [0.1, 0.15) is 13.8 Å². The van der Waals surface area contributed by atoms with E-state index in [1.54, 1.807) is 14.2 Å². The maximum atomic E-state index is 5.98. The van der Waals surface area contributed by atoms with Gasteiger partial charge >= 0.3 is 0 Å². The zero-order chi connectivity index (χ0) is 16.6. The van der Waals surface area contributed by atoms with Crippen LogP contribution < -0.4 is 0 Å². The summed E-state index contributed by atoms with van der Waals surface area (Å²) in [6.45, 7) is 6.36. The lowest BCUT2D eigenvalue weighted by Gasteiger charge is -2.46. The fraction of sp³-hybridized carbons (Fsp3) is 0.765. The first kappa shape index (κ1) is 17.1. The Hall–Kier alpha value is -0.760. The standard InChI is InChI=1S/C17H26O6/c1-13(2)11-20-14-12-23-15(14)5-7-16(18-3)17(19-4,8-6-15)22-10-9-21-16/h5-8,13-14H,9-12H2,1-4H3/t14?,16-,17-/m1/s1. The molecule has 3 rings (SSSR count). The van der Waals surface area contributed by atoms with Gasteiger partial charge in [0.1, 0.15) is 11.7 Å². The van der Waals surface area contributed by atoms with Gasteiger partial charge in [-0.25, -0.2) is 0 Å². The average Bonchev–Trinajstić information content (AvgIpc) is 2.70. The molecule has 23 heavy (non-hydrogen) atoms. The van der Waals surface area contributed by atoms with Gasteiger partial charge in [-0.2, -0.15) is 0 Å². The van der Waals surface area contributed by atoms with Crippen molar-refractivity contribution in [2.24, 2.45) is 5.92 Å². The fourth-order valence-electron chi connectivity index (χ4n) is 3.13. The summed E-state index contributed by atoms with van der Waals surface area (Å²) in [7, 11) is 3.15. The molecule has 1 aliphatic carbocycles. The van der Waals surface area contributed by atoms with Gasteiger partial charge in [-0.05, 0) is 30.2 Å². The van der Waals surface area contributed by atoms with Gasteiger partial charge in [0.2, 0.25) is 11.6 Å². The Morgan fingerprint density at radius 3 is 1.91 bits per heavy atom. The highest BCUT2D eigenvalue weighted by Gasteiger charge is 2.59. The Balaban J connectivity index is 1.90. The van der Waals surface area contributed by atoms with Gasteiger partial charge in [-0.1, -0.05) is 13.8 Å². The Morgan fingerprint density at radius 1 is 0.957 bits per heavy atom. The van der Waals surface area contributed by atoms with Gasteiger partial charge < -0.3 is 28.4 Å². The molecule has 2 aliphatic heterocycles. The number of rotatable bonds is 5. The Kier molecular flexibility index (Phi) is 4.66. The van der Waals surface area contributed by atoms with Crippen molar-refractivity contribution in [1.29, 1.82) is 0 Å². The van der Waals surface area contributed by atoms with Crippen LogP contribution in [0.2, 0.25) is 0 Å². The molecule has 2 heterocycles. The summed E-state index contributed by atoms with van der Waals surface area (Å²) < 4.78 is 34.9. The third-order valence-electron chi connectivity index (χ3n) is 4.55. The number of hydrogen-bond donors (Lipinski definition) is 0. The number of methoxy groups -OCH3 is 2. The third kappa shape index (κ3) is 2.67. The van der Waals surface area contributed by atoms with E-state index in [9.17, 15) is 0 Å². The molecule has 0 radical (unpaired) electrons. The van der Waals surface area contributed by atoms with Gasteiger partial charge in [-0.3, -0.25) is 0 Å². The van der Waals surface area contributed by atoms with E-state index >= 15 is 0 Å². The first-order chi connectivity index (χ1) is 11.0. The van der Waals surface area contributed by atoms with E-state index < -0.39 is 17.2 Å². The highest BCUT2D eigenvalue weighted by Crippen LogP contribution is 2.44. The summed E-state index contributed by atoms with van der Waals surface area (Å²) in [5.74, 6) is -1.81. The van der Waals surface area contributed by atoms with E-state index in [4.69, 9.17) is 28.4 Å². The Bertz CT molecular complexity index is 457. The molecule has 0 aromatic heterocycles. The van der Waals surface area contributed by atoms with Crippen LogP contribution in [0, 0.1) is 5.92 Å². The predicted octanol–water partition coefficient (Wildman–Crippen LogP) is 1.65. The minimum atomic E-state index is -1.14. The summed E-state index contributed by atoms with van der Waals surface area (Å²) in [4.78, 5) is 0. The molecule has 1 unspecified atom stereocenters. The molecule has 0 aromatic rings. The first-order valence-corrected chi connectivity index (χ1v) is 8.06. The van der Waals surface area contributed by atoms with Gasteiger partial charge in [0, 0.05) is 20.8 Å². The molecule has 6 nitrogen and oxygen atoms in total. The van der Waals surface area contributed by atoms with Crippen LogP contribution in [0.5, 0.6) is 0 Å². The minimum Gasteiger partial charge on any atom is -0.372 e. The van der Waals surface area contributed by atoms with Crippen molar-refractivity contribution in [3.05, 3.63) is 24.3 Å². The highest BCUT2D eigenvalue weighted by molar-refractivity contribution is 5.32. The second kappa shape index (κ2) is 6.27. The molecule has 3 atom stereocenters. The van der Waals surface area contributed by atoms with E-state index in [0.29, 0.717) is 32.3 Å². The largest absolute Gasteiger partial charge is 0.372 e. The van der Waals surface area contributed by atoms with Crippen molar-refractivity contribution in [3.8, 4) is 0 Å². The van der Waals surface area contributed by atoms with Gasteiger partial charge in [-0.15, -0.1) is 0 Å². The van der Waals surface area contributed by atoms with Crippen LogP contribution in [0.4, 0.5) is 0 Å².